The first kappa shape index (κ1) is 17.8. The summed E-state index contributed by atoms with van der Waals surface area (Å²) >= 11 is 9.52. The number of nitrogens with zero attached hydrogens (tertiary/aromatic N) is 1. The molecule has 0 bridgehead atoms. The Kier molecular flexibility index (Phi) is 5.60. The van der Waals surface area contributed by atoms with Crippen LogP contribution in [0.15, 0.2) is 48.5 Å². The van der Waals surface area contributed by atoms with Crippen LogP contribution in [-0.2, 0) is 6.42 Å². The summed E-state index contributed by atoms with van der Waals surface area (Å²) < 4.78 is 0.666. The fourth-order valence-corrected chi connectivity index (χ4v) is 3.67. The summed E-state index contributed by atoms with van der Waals surface area (Å²) in [4.78, 5) is 14.5. The molecule has 6 heteroatoms. The molecule has 1 heterocycles. The molecule has 1 amide bonds. The highest BCUT2D eigenvalue weighted by atomic mass is 32.1. The fraction of sp³-hybridized carbons (Fsp3) is 0.263. The van der Waals surface area contributed by atoms with Crippen LogP contribution in [0.3, 0.4) is 0 Å². The second-order valence-corrected chi connectivity index (χ2v) is 7.33. The molecule has 1 unspecified atom stereocenters. The van der Waals surface area contributed by atoms with Gasteiger partial charge in [-0.3, -0.25) is 4.79 Å². The quantitative estimate of drug-likeness (QED) is 0.435. The van der Waals surface area contributed by atoms with Crippen molar-refractivity contribution in [3.05, 3.63) is 59.7 Å². The maximum atomic E-state index is 12.4. The van der Waals surface area contributed by atoms with E-state index in [9.17, 15) is 4.79 Å². The Morgan fingerprint density at radius 3 is 2.64 bits per heavy atom. The zero-order valence-corrected chi connectivity index (χ0v) is 15.5. The van der Waals surface area contributed by atoms with Crippen molar-refractivity contribution in [2.24, 2.45) is 0 Å². The van der Waals surface area contributed by atoms with Gasteiger partial charge in [0, 0.05) is 18.2 Å². The van der Waals surface area contributed by atoms with Gasteiger partial charge in [-0.15, -0.1) is 12.6 Å². The number of thiocarbonyl (C=S) groups is 1. The van der Waals surface area contributed by atoms with E-state index in [1.165, 1.54) is 5.56 Å². The van der Waals surface area contributed by atoms with Gasteiger partial charge < -0.3 is 16.0 Å². The molecular weight excluding hydrogens is 350 g/mol. The second kappa shape index (κ2) is 7.89. The molecule has 0 spiro atoms. The molecule has 0 aromatic heterocycles. The van der Waals surface area contributed by atoms with Crippen LogP contribution in [0.2, 0.25) is 0 Å². The van der Waals surface area contributed by atoms with Gasteiger partial charge in [-0.05, 0) is 49.1 Å². The molecule has 0 saturated carbocycles. The lowest BCUT2D eigenvalue weighted by molar-refractivity contribution is 0.102. The minimum atomic E-state index is -0.163. The minimum Gasteiger partial charge on any atom is -0.397 e. The van der Waals surface area contributed by atoms with Crippen molar-refractivity contribution in [1.82, 2.24) is 4.90 Å². The molecular formula is C19H21N3OS2. The summed E-state index contributed by atoms with van der Waals surface area (Å²) in [6, 6.07) is 15.3. The molecule has 3 rings (SSSR count). The molecule has 25 heavy (non-hydrogen) atoms. The number of carbonyl (C=O) groups is 1. The minimum absolute atomic E-state index is 0.163. The van der Waals surface area contributed by atoms with E-state index >= 15 is 0 Å². The van der Waals surface area contributed by atoms with Crippen molar-refractivity contribution in [3.8, 4) is 0 Å². The number of hydrogen-bond donors (Lipinski definition) is 3. The van der Waals surface area contributed by atoms with E-state index in [1.54, 1.807) is 12.1 Å². The molecule has 1 aliphatic rings. The number of amides is 1. The average molecular weight is 372 g/mol. The predicted octanol–water partition coefficient (Wildman–Crippen LogP) is 3.74. The fourth-order valence-electron chi connectivity index (χ4n) is 3.17. The van der Waals surface area contributed by atoms with Gasteiger partial charge in [-0.25, -0.2) is 0 Å². The van der Waals surface area contributed by atoms with Crippen LogP contribution in [0.4, 0.5) is 11.4 Å². The van der Waals surface area contributed by atoms with Gasteiger partial charge in [-0.1, -0.05) is 36.5 Å². The van der Waals surface area contributed by atoms with Crippen LogP contribution in [0.25, 0.3) is 0 Å². The summed E-state index contributed by atoms with van der Waals surface area (Å²) in [5, 5.41) is 2.84. The smallest absolute Gasteiger partial charge is 0.255 e. The monoisotopic (exact) mass is 371 g/mol. The maximum Gasteiger partial charge on any atom is 0.255 e. The Morgan fingerprint density at radius 1 is 1.24 bits per heavy atom. The lowest BCUT2D eigenvalue weighted by atomic mass is 10.0. The van der Waals surface area contributed by atoms with Gasteiger partial charge in [-0.2, -0.15) is 0 Å². The molecule has 130 valence electrons. The van der Waals surface area contributed by atoms with Crippen molar-refractivity contribution in [1.29, 1.82) is 0 Å². The number of benzene rings is 2. The zero-order valence-electron chi connectivity index (χ0n) is 13.8. The van der Waals surface area contributed by atoms with Crippen LogP contribution in [0.5, 0.6) is 0 Å². The molecule has 1 aliphatic heterocycles. The standard InChI is InChI=1S/C19H21N3OS2/c20-16-5-1-2-6-17(16)21-18(23)14-9-7-13(8-10-14)12-15-4-3-11-22(15)19(24)25/h1-2,5-10,15H,3-4,11-12,20H2,(H,21,23)(H,24,25). The number of thiol groups is 1. The molecule has 1 fully saturated rings. The normalized spacial score (nSPS) is 16.7. The van der Waals surface area contributed by atoms with Crippen molar-refractivity contribution < 1.29 is 4.79 Å². The molecule has 3 N–H and O–H groups in total. The summed E-state index contributed by atoms with van der Waals surface area (Å²) in [7, 11) is 0. The first-order valence-electron chi connectivity index (χ1n) is 8.29. The number of anilines is 2. The van der Waals surface area contributed by atoms with Crippen molar-refractivity contribution in [2.45, 2.75) is 25.3 Å². The predicted molar refractivity (Wildman–Crippen MR) is 110 cm³/mol. The third-order valence-electron chi connectivity index (χ3n) is 4.52. The first-order valence-corrected chi connectivity index (χ1v) is 9.14. The molecule has 1 saturated heterocycles. The van der Waals surface area contributed by atoms with E-state index in [2.05, 4.69) is 22.8 Å². The average Bonchev–Trinajstić information content (AvgIpc) is 3.06. The number of nitrogen functional groups attached to an aromatic ring is 1. The van der Waals surface area contributed by atoms with E-state index in [4.69, 9.17) is 18.0 Å². The Balaban J connectivity index is 1.65. The van der Waals surface area contributed by atoms with Gasteiger partial charge in [0.05, 0.1) is 11.4 Å². The number of rotatable bonds is 4. The van der Waals surface area contributed by atoms with Crippen LogP contribution in [0.1, 0.15) is 28.8 Å². The van der Waals surface area contributed by atoms with E-state index < -0.39 is 0 Å². The van der Waals surface area contributed by atoms with Gasteiger partial charge in [0.1, 0.15) is 4.32 Å². The third-order valence-corrected chi connectivity index (χ3v) is 5.01. The zero-order chi connectivity index (χ0) is 17.8. The maximum absolute atomic E-state index is 12.4. The van der Waals surface area contributed by atoms with Crippen LogP contribution >= 0.6 is 24.8 Å². The summed E-state index contributed by atoms with van der Waals surface area (Å²) in [6.45, 7) is 0.978. The van der Waals surface area contributed by atoms with E-state index in [1.807, 2.05) is 36.4 Å². The highest BCUT2D eigenvalue weighted by molar-refractivity contribution is 8.10. The first-order chi connectivity index (χ1) is 12.0. The van der Waals surface area contributed by atoms with E-state index in [-0.39, 0.29) is 5.91 Å². The second-order valence-electron chi connectivity index (χ2n) is 6.21. The lowest BCUT2D eigenvalue weighted by Crippen LogP contribution is -2.33. The van der Waals surface area contributed by atoms with E-state index in [0.29, 0.717) is 27.3 Å². The van der Waals surface area contributed by atoms with Gasteiger partial charge >= 0.3 is 0 Å². The topological polar surface area (TPSA) is 58.4 Å². The summed E-state index contributed by atoms with van der Waals surface area (Å²) in [5.41, 5.74) is 8.84. The van der Waals surface area contributed by atoms with Crippen molar-refractivity contribution in [3.63, 3.8) is 0 Å². The number of nitrogens with two attached hydrogens (primary N) is 1. The summed E-state index contributed by atoms with van der Waals surface area (Å²) in [6.07, 6.45) is 3.18. The van der Waals surface area contributed by atoms with Crippen LogP contribution < -0.4 is 11.1 Å². The number of carbonyl (C=O) groups excluding carboxylic acids is 1. The Hall–Kier alpha value is -2.05. The van der Waals surface area contributed by atoms with Gasteiger partial charge in [0.2, 0.25) is 0 Å². The van der Waals surface area contributed by atoms with Gasteiger partial charge in [0.25, 0.3) is 5.91 Å². The summed E-state index contributed by atoms with van der Waals surface area (Å²) in [5.74, 6) is -0.163. The largest absolute Gasteiger partial charge is 0.397 e. The molecule has 2 aromatic carbocycles. The molecule has 4 nitrogen and oxygen atoms in total. The SMILES string of the molecule is Nc1ccccc1NC(=O)c1ccc(CC2CCCN2C(=S)S)cc1. The lowest BCUT2D eigenvalue weighted by Gasteiger charge is -2.24. The van der Waals surface area contributed by atoms with Crippen LogP contribution in [-0.4, -0.2) is 27.7 Å². The van der Waals surface area contributed by atoms with Gasteiger partial charge in [0.15, 0.2) is 0 Å². The number of para-hydroxylation sites is 2. The highest BCUT2D eigenvalue weighted by Gasteiger charge is 2.25. The number of likely N-dealkylation sites (tertiary alicyclic amines) is 1. The molecule has 2 aromatic rings. The van der Waals surface area contributed by atoms with Crippen molar-refractivity contribution in [2.75, 3.05) is 17.6 Å². The highest BCUT2D eigenvalue weighted by Crippen LogP contribution is 2.23. The molecule has 0 radical (unpaired) electrons. The number of hydrogen-bond acceptors (Lipinski definition) is 3. The number of nitrogens with one attached hydrogen (secondary N) is 1. The Labute approximate surface area is 158 Å². The Bertz CT molecular complexity index is 776. The Morgan fingerprint density at radius 2 is 1.96 bits per heavy atom. The van der Waals surface area contributed by atoms with Crippen molar-refractivity contribution >= 4 is 46.4 Å². The van der Waals surface area contributed by atoms with Crippen LogP contribution in [0, 0.1) is 0 Å². The molecule has 1 atom stereocenters. The van der Waals surface area contributed by atoms with E-state index in [0.717, 1.165) is 25.8 Å². The molecule has 0 aliphatic carbocycles. The third kappa shape index (κ3) is 4.32.